The molecule has 3 aliphatic rings. The Morgan fingerprint density at radius 3 is 2.51 bits per heavy atom. The molecule has 0 aliphatic carbocycles. The van der Waals surface area contributed by atoms with Crippen LogP contribution in [0.1, 0.15) is 17.7 Å². The Balaban J connectivity index is 1.05. The third-order valence-electron chi connectivity index (χ3n) is 7.59. The Morgan fingerprint density at radius 1 is 1.00 bits per heavy atom. The maximum atomic E-state index is 13.2. The van der Waals surface area contributed by atoms with E-state index in [1.54, 1.807) is 46.2 Å². The molecule has 0 N–H and O–H groups in total. The van der Waals surface area contributed by atoms with Gasteiger partial charge < -0.3 is 14.5 Å². The molecule has 2 atom stereocenters. The van der Waals surface area contributed by atoms with E-state index in [0.29, 0.717) is 18.6 Å². The first-order valence-corrected chi connectivity index (χ1v) is 16.0. The van der Waals surface area contributed by atoms with Crippen LogP contribution in [0, 0.1) is 0 Å². The molecular formula is C27H27N3O6S3. The first kappa shape index (κ1) is 26.3. The molecule has 1 aromatic heterocycles. The highest BCUT2D eigenvalue weighted by Gasteiger charge is 2.57. The number of esters is 1. The van der Waals surface area contributed by atoms with Gasteiger partial charge in [0, 0.05) is 43.2 Å². The van der Waals surface area contributed by atoms with Crippen molar-refractivity contribution in [3.8, 4) is 0 Å². The molecule has 12 heteroatoms. The first-order chi connectivity index (χ1) is 18.8. The quantitative estimate of drug-likeness (QED) is 0.410. The fourth-order valence-electron chi connectivity index (χ4n) is 5.54. The highest BCUT2D eigenvalue weighted by Crippen LogP contribution is 2.55. The zero-order valence-electron chi connectivity index (χ0n) is 21.0. The lowest BCUT2D eigenvalue weighted by Gasteiger charge is -2.34. The van der Waals surface area contributed by atoms with Gasteiger partial charge in [-0.2, -0.15) is 4.31 Å². The Bertz CT molecular complexity index is 1540. The zero-order chi connectivity index (χ0) is 27.2. The van der Waals surface area contributed by atoms with Crippen LogP contribution in [-0.4, -0.2) is 84.9 Å². The number of piperazine rings is 1. The van der Waals surface area contributed by atoms with Gasteiger partial charge in [0.05, 0.1) is 4.90 Å². The number of carbonyl (C=O) groups excluding carboxylic acids is 3. The summed E-state index contributed by atoms with van der Waals surface area (Å²) in [5.41, 5.74) is 0. The molecule has 204 valence electrons. The molecular weight excluding hydrogens is 559 g/mol. The number of benzene rings is 2. The maximum Gasteiger partial charge on any atom is 0.330 e. The van der Waals surface area contributed by atoms with Gasteiger partial charge in [-0.05, 0) is 40.8 Å². The highest BCUT2D eigenvalue weighted by atomic mass is 32.2. The maximum absolute atomic E-state index is 13.2. The van der Waals surface area contributed by atoms with Crippen LogP contribution in [0.3, 0.4) is 0 Å². The van der Waals surface area contributed by atoms with Crippen LogP contribution in [0.4, 0.5) is 0 Å². The largest absolute Gasteiger partial charge is 0.454 e. The number of carbonyl (C=O) groups is 3. The van der Waals surface area contributed by atoms with Crippen molar-refractivity contribution in [2.24, 2.45) is 0 Å². The van der Waals surface area contributed by atoms with E-state index < -0.39 is 33.5 Å². The standard InChI is InChI=1S/C27H27N3O6S3/c31-24-9-10-27(23-6-3-15-37-23)30(24)22(18-38-27)26(33)36-17-25(32)28-11-13-29(14-12-28)39(34,35)21-8-7-19-4-1-2-5-20(19)16-21/h1-8,15-16,22H,9-14,17-18H2/t22-,27-/m0/s1. The normalized spacial score (nSPS) is 23.8. The second-order valence-corrected chi connectivity index (χ2v) is 13.9. The number of hydrogen-bond acceptors (Lipinski definition) is 8. The molecule has 3 saturated heterocycles. The third kappa shape index (κ3) is 4.62. The van der Waals surface area contributed by atoms with Crippen LogP contribution in [0.15, 0.2) is 64.9 Å². The lowest BCUT2D eigenvalue weighted by molar-refractivity contribution is -0.158. The molecule has 0 saturated carbocycles. The Morgan fingerprint density at radius 2 is 1.77 bits per heavy atom. The summed E-state index contributed by atoms with van der Waals surface area (Å²) in [6.07, 6.45) is 1.02. The number of nitrogens with zero attached hydrogens (tertiary/aromatic N) is 3. The summed E-state index contributed by atoms with van der Waals surface area (Å²) in [6.45, 7) is 0.272. The number of ether oxygens (including phenoxy) is 1. The number of amides is 2. The smallest absolute Gasteiger partial charge is 0.330 e. The molecule has 9 nitrogen and oxygen atoms in total. The van der Waals surface area contributed by atoms with E-state index in [4.69, 9.17) is 4.74 Å². The summed E-state index contributed by atoms with van der Waals surface area (Å²) in [5.74, 6) is -0.622. The lowest BCUT2D eigenvalue weighted by Crippen LogP contribution is -2.52. The lowest BCUT2D eigenvalue weighted by atomic mass is 10.1. The van der Waals surface area contributed by atoms with E-state index in [-0.39, 0.29) is 42.9 Å². The topological polar surface area (TPSA) is 104 Å². The molecule has 6 rings (SSSR count). The van der Waals surface area contributed by atoms with E-state index in [0.717, 1.165) is 15.6 Å². The van der Waals surface area contributed by atoms with Crippen LogP contribution in [0.25, 0.3) is 10.8 Å². The van der Waals surface area contributed by atoms with Gasteiger partial charge in [-0.1, -0.05) is 36.4 Å². The van der Waals surface area contributed by atoms with Crippen molar-refractivity contribution in [1.29, 1.82) is 0 Å². The zero-order valence-corrected chi connectivity index (χ0v) is 23.5. The fourth-order valence-corrected chi connectivity index (χ4v) is 9.71. The average Bonchev–Trinajstić information content (AvgIpc) is 3.70. The van der Waals surface area contributed by atoms with Gasteiger partial charge in [-0.15, -0.1) is 23.1 Å². The van der Waals surface area contributed by atoms with E-state index >= 15 is 0 Å². The van der Waals surface area contributed by atoms with E-state index in [1.165, 1.54) is 9.21 Å². The van der Waals surface area contributed by atoms with Crippen molar-refractivity contribution < 1.29 is 27.5 Å². The van der Waals surface area contributed by atoms with E-state index in [9.17, 15) is 22.8 Å². The summed E-state index contributed by atoms with van der Waals surface area (Å²) >= 11 is 3.15. The van der Waals surface area contributed by atoms with Gasteiger partial charge in [-0.25, -0.2) is 13.2 Å². The van der Waals surface area contributed by atoms with Crippen molar-refractivity contribution in [1.82, 2.24) is 14.1 Å². The number of thiophene rings is 1. The summed E-state index contributed by atoms with van der Waals surface area (Å²) in [4.78, 5) is 42.4. The van der Waals surface area contributed by atoms with Gasteiger partial charge in [0.2, 0.25) is 15.9 Å². The molecule has 0 bridgehead atoms. The minimum Gasteiger partial charge on any atom is -0.454 e. The molecule has 2 aromatic carbocycles. The van der Waals surface area contributed by atoms with Crippen LogP contribution >= 0.6 is 23.1 Å². The molecule has 0 spiro atoms. The number of thioether (sulfide) groups is 1. The molecule has 0 unspecified atom stereocenters. The molecule has 2 amide bonds. The third-order valence-corrected chi connectivity index (χ3v) is 12.2. The highest BCUT2D eigenvalue weighted by molar-refractivity contribution is 8.00. The van der Waals surface area contributed by atoms with Crippen LogP contribution in [0.2, 0.25) is 0 Å². The van der Waals surface area contributed by atoms with Gasteiger partial charge in [0.1, 0.15) is 10.9 Å². The summed E-state index contributed by atoms with van der Waals surface area (Å²) < 4.78 is 33.2. The monoisotopic (exact) mass is 585 g/mol. The molecule has 0 radical (unpaired) electrons. The second-order valence-electron chi connectivity index (χ2n) is 9.75. The fraction of sp³-hybridized carbons (Fsp3) is 0.370. The van der Waals surface area contributed by atoms with Crippen molar-refractivity contribution in [3.05, 3.63) is 64.9 Å². The van der Waals surface area contributed by atoms with Gasteiger partial charge >= 0.3 is 5.97 Å². The molecule has 39 heavy (non-hydrogen) atoms. The van der Waals surface area contributed by atoms with Crippen LogP contribution in [0.5, 0.6) is 0 Å². The Kier molecular flexibility index (Phi) is 6.90. The first-order valence-electron chi connectivity index (χ1n) is 12.7. The average molecular weight is 586 g/mol. The van der Waals surface area contributed by atoms with Gasteiger partial charge in [0.25, 0.3) is 5.91 Å². The van der Waals surface area contributed by atoms with Crippen molar-refractivity contribution >= 4 is 61.7 Å². The minimum atomic E-state index is -3.71. The van der Waals surface area contributed by atoms with E-state index in [1.807, 2.05) is 41.8 Å². The van der Waals surface area contributed by atoms with Crippen molar-refractivity contribution in [2.75, 3.05) is 38.5 Å². The van der Waals surface area contributed by atoms with Crippen LogP contribution < -0.4 is 0 Å². The number of fused-ring (bicyclic) bond motifs is 2. The summed E-state index contributed by atoms with van der Waals surface area (Å²) in [6, 6.07) is 15.8. The molecule has 3 aliphatic heterocycles. The minimum absolute atomic E-state index is 0.0783. The number of hydrogen-bond donors (Lipinski definition) is 0. The summed E-state index contributed by atoms with van der Waals surface area (Å²) in [5, 5.41) is 3.77. The van der Waals surface area contributed by atoms with Crippen molar-refractivity contribution in [3.63, 3.8) is 0 Å². The number of sulfonamides is 1. The second kappa shape index (κ2) is 10.2. The summed E-state index contributed by atoms with van der Waals surface area (Å²) in [7, 11) is -3.71. The van der Waals surface area contributed by atoms with Crippen molar-refractivity contribution in [2.45, 2.75) is 28.6 Å². The molecule has 3 aromatic rings. The Hall–Kier alpha value is -2.93. The van der Waals surface area contributed by atoms with E-state index in [2.05, 4.69) is 0 Å². The van der Waals surface area contributed by atoms with Gasteiger partial charge in [-0.3, -0.25) is 9.59 Å². The predicted octanol–water partition coefficient (Wildman–Crippen LogP) is 2.87. The predicted molar refractivity (Wildman–Crippen MR) is 149 cm³/mol. The molecule has 3 fully saturated rings. The SMILES string of the molecule is O=C(OCC(=O)N1CCN(S(=O)(=O)c2ccc3ccccc3c2)CC1)[C@@H]1CS[C@]2(c3cccs3)CCC(=O)N12. The van der Waals surface area contributed by atoms with Crippen LogP contribution in [-0.2, 0) is 34.0 Å². The number of rotatable bonds is 6. The molecule has 4 heterocycles. The van der Waals surface area contributed by atoms with Gasteiger partial charge in [0.15, 0.2) is 6.61 Å². The Labute approximate surface area is 234 Å².